The first-order chi connectivity index (χ1) is 17.9. The lowest BCUT2D eigenvalue weighted by Gasteiger charge is -2.12. The van der Waals surface area contributed by atoms with Crippen molar-refractivity contribution in [1.82, 2.24) is 5.43 Å². The Morgan fingerprint density at radius 3 is 2.49 bits per heavy atom. The number of aryl methyl sites for hydroxylation is 1. The summed E-state index contributed by atoms with van der Waals surface area (Å²) < 4.78 is 23.8. The maximum absolute atomic E-state index is 13.0. The Morgan fingerprint density at radius 1 is 1.03 bits per heavy atom. The van der Waals surface area contributed by atoms with Gasteiger partial charge in [-0.1, -0.05) is 12.1 Å². The summed E-state index contributed by atoms with van der Waals surface area (Å²) in [6.45, 7) is 2.23. The topological polar surface area (TPSA) is 106 Å². The average molecular weight is 524 g/mol. The van der Waals surface area contributed by atoms with Crippen molar-refractivity contribution in [2.75, 3.05) is 11.9 Å². The molecule has 0 spiro atoms. The normalized spacial score (nSPS) is 12.6. The van der Waals surface area contributed by atoms with Crippen LogP contribution in [0.5, 0.6) is 5.75 Å². The number of benzene rings is 2. The maximum Gasteiger partial charge on any atom is 0.341 e. The number of fused-ring (bicyclic) bond motifs is 1. The number of carbonyl (C=O) groups is 3. The summed E-state index contributed by atoms with van der Waals surface area (Å²) in [6.07, 6.45) is 4.93. The van der Waals surface area contributed by atoms with E-state index in [2.05, 4.69) is 15.8 Å². The van der Waals surface area contributed by atoms with Crippen molar-refractivity contribution in [2.24, 2.45) is 5.10 Å². The van der Waals surface area contributed by atoms with Crippen LogP contribution >= 0.6 is 11.3 Å². The zero-order chi connectivity index (χ0) is 26.2. The Kier molecular flexibility index (Phi) is 8.63. The van der Waals surface area contributed by atoms with Crippen molar-refractivity contribution < 1.29 is 28.2 Å². The summed E-state index contributed by atoms with van der Waals surface area (Å²) >= 11 is 1.31. The van der Waals surface area contributed by atoms with Crippen LogP contribution in [-0.4, -0.2) is 30.6 Å². The molecule has 10 heteroatoms. The molecule has 8 nitrogen and oxygen atoms in total. The second kappa shape index (κ2) is 12.3. The smallest absolute Gasteiger partial charge is 0.341 e. The van der Waals surface area contributed by atoms with Crippen LogP contribution in [-0.2, 0) is 33.8 Å². The number of nitrogens with zero attached hydrogens (tertiary/aromatic N) is 1. The van der Waals surface area contributed by atoms with E-state index in [9.17, 15) is 18.8 Å². The fourth-order valence-electron chi connectivity index (χ4n) is 3.85. The highest BCUT2D eigenvalue weighted by molar-refractivity contribution is 7.17. The lowest BCUT2D eigenvalue weighted by atomic mass is 9.95. The highest BCUT2D eigenvalue weighted by atomic mass is 32.1. The van der Waals surface area contributed by atoms with E-state index >= 15 is 0 Å². The van der Waals surface area contributed by atoms with Gasteiger partial charge in [-0.2, -0.15) is 5.10 Å². The molecule has 0 saturated carbocycles. The number of hydrogen-bond donors (Lipinski definition) is 2. The summed E-state index contributed by atoms with van der Waals surface area (Å²) in [5.74, 6) is -2.08. The SMILES string of the molecule is CCOC(=O)c1c(NC(=O)C(=O)N/N=C/c2ccc(OCc3ccc(F)cc3)cc2)sc2c1CCCC2. The number of halogens is 1. The molecule has 37 heavy (non-hydrogen) atoms. The number of amides is 2. The van der Waals surface area contributed by atoms with E-state index in [4.69, 9.17) is 9.47 Å². The van der Waals surface area contributed by atoms with Crippen LogP contribution in [0, 0.1) is 5.82 Å². The van der Waals surface area contributed by atoms with Gasteiger partial charge in [-0.05, 0) is 85.7 Å². The Labute approximate surface area is 217 Å². The number of ether oxygens (including phenoxy) is 2. The molecule has 0 unspecified atom stereocenters. The minimum absolute atomic E-state index is 0.216. The van der Waals surface area contributed by atoms with Crippen LogP contribution < -0.4 is 15.5 Å². The van der Waals surface area contributed by atoms with Gasteiger partial charge in [-0.15, -0.1) is 11.3 Å². The largest absolute Gasteiger partial charge is 0.489 e. The quantitative estimate of drug-likeness (QED) is 0.194. The van der Waals surface area contributed by atoms with Crippen molar-refractivity contribution in [2.45, 2.75) is 39.2 Å². The Morgan fingerprint density at radius 2 is 1.76 bits per heavy atom. The lowest BCUT2D eigenvalue weighted by molar-refractivity contribution is -0.136. The zero-order valence-corrected chi connectivity index (χ0v) is 21.0. The molecule has 0 saturated heterocycles. The molecule has 2 N–H and O–H groups in total. The minimum Gasteiger partial charge on any atom is -0.489 e. The molecule has 0 aliphatic heterocycles. The Hall–Kier alpha value is -4.05. The van der Waals surface area contributed by atoms with Crippen LogP contribution in [0.1, 0.15) is 51.7 Å². The van der Waals surface area contributed by atoms with E-state index in [0.717, 1.165) is 41.7 Å². The van der Waals surface area contributed by atoms with Crippen molar-refractivity contribution in [3.8, 4) is 5.75 Å². The molecule has 1 heterocycles. The van der Waals surface area contributed by atoms with Crippen LogP contribution in [0.25, 0.3) is 0 Å². The summed E-state index contributed by atoms with van der Waals surface area (Å²) in [5.41, 5.74) is 4.94. The van der Waals surface area contributed by atoms with E-state index in [0.29, 0.717) is 28.5 Å². The predicted molar refractivity (Wildman–Crippen MR) is 138 cm³/mol. The van der Waals surface area contributed by atoms with Crippen LogP contribution in [0.3, 0.4) is 0 Å². The molecule has 3 aromatic rings. The summed E-state index contributed by atoms with van der Waals surface area (Å²) in [4.78, 5) is 38.3. The third-order valence-electron chi connectivity index (χ3n) is 5.66. The van der Waals surface area contributed by atoms with Crippen LogP contribution in [0.15, 0.2) is 53.6 Å². The fourth-order valence-corrected chi connectivity index (χ4v) is 5.12. The zero-order valence-electron chi connectivity index (χ0n) is 20.2. The van der Waals surface area contributed by atoms with Crippen molar-refractivity contribution in [3.63, 3.8) is 0 Å². The van der Waals surface area contributed by atoms with E-state index in [-0.39, 0.29) is 12.4 Å². The summed E-state index contributed by atoms with van der Waals surface area (Å²) in [6, 6.07) is 13.0. The minimum atomic E-state index is -0.961. The molecule has 0 atom stereocenters. The number of hydrogen-bond acceptors (Lipinski definition) is 7. The standard InChI is InChI=1S/C27H26FN3O5S/c1-2-35-27(34)23-21-5-3-4-6-22(21)37-26(23)30-24(32)25(33)31-29-15-17-9-13-20(14-10-17)36-16-18-7-11-19(28)12-8-18/h7-15H,2-6,16H2,1H3,(H,30,32)(H,31,33)/b29-15+. The van der Waals surface area contributed by atoms with Gasteiger partial charge < -0.3 is 14.8 Å². The van der Waals surface area contributed by atoms with Gasteiger partial charge in [-0.25, -0.2) is 14.6 Å². The molecular formula is C27H26FN3O5S. The van der Waals surface area contributed by atoms with Crippen molar-refractivity contribution in [1.29, 1.82) is 0 Å². The number of carbonyl (C=O) groups excluding carboxylic acids is 3. The first kappa shape index (κ1) is 26.0. The second-order valence-electron chi connectivity index (χ2n) is 8.27. The second-order valence-corrected chi connectivity index (χ2v) is 9.38. The van der Waals surface area contributed by atoms with Gasteiger partial charge in [0.1, 0.15) is 23.2 Å². The average Bonchev–Trinajstić information content (AvgIpc) is 3.27. The number of rotatable bonds is 8. The molecule has 4 rings (SSSR count). The highest BCUT2D eigenvalue weighted by Crippen LogP contribution is 2.38. The number of thiophene rings is 1. The van der Waals surface area contributed by atoms with Gasteiger partial charge in [0.15, 0.2) is 0 Å². The van der Waals surface area contributed by atoms with Gasteiger partial charge in [0.25, 0.3) is 0 Å². The third-order valence-corrected chi connectivity index (χ3v) is 6.87. The maximum atomic E-state index is 13.0. The van der Waals surface area contributed by atoms with Gasteiger partial charge in [0, 0.05) is 4.88 Å². The third kappa shape index (κ3) is 6.79. The van der Waals surface area contributed by atoms with E-state index in [1.165, 1.54) is 29.7 Å². The molecule has 0 radical (unpaired) electrons. The fraction of sp³-hybridized carbons (Fsp3) is 0.259. The first-order valence-electron chi connectivity index (χ1n) is 11.9. The molecule has 0 bridgehead atoms. The number of nitrogens with one attached hydrogen (secondary N) is 2. The van der Waals surface area contributed by atoms with E-state index in [1.807, 2.05) is 0 Å². The molecule has 1 aliphatic rings. The van der Waals surface area contributed by atoms with Crippen LogP contribution in [0.4, 0.5) is 9.39 Å². The van der Waals surface area contributed by atoms with Gasteiger partial charge in [0.05, 0.1) is 18.4 Å². The molecule has 1 aliphatic carbocycles. The Balaban J connectivity index is 1.31. The Bertz CT molecular complexity index is 1300. The highest BCUT2D eigenvalue weighted by Gasteiger charge is 2.28. The van der Waals surface area contributed by atoms with Gasteiger partial charge >= 0.3 is 17.8 Å². The van der Waals surface area contributed by atoms with Crippen molar-refractivity contribution in [3.05, 3.63) is 81.5 Å². The monoisotopic (exact) mass is 523 g/mol. The summed E-state index contributed by atoms with van der Waals surface area (Å²) in [7, 11) is 0. The predicted octanol–water partition coefficient (Wildman–Crippen LogP) is 4.61. The molecule has 0 fully saturated rings. The van der Waals surface area contributed by atoms with Gasteiger partial charge in [0.2, 0.25) is 0 Å². The van der Waals surface area contributed by atoms with E-state index in [1.54, 1.807) is 43.3 Å². The molecular weight excluding hydrogens is 497 g/mol. The number of anilines is 1. The van der Waals surface area contributed by atoms with Crippen LogP contribution in [0.2, 0.25) is 0 Å². The lowest BCUT2D eigenvalue weighted by Crippen LogP contribution is -2.32. The van der Waals surface area contributed by atoms with Gasteiger partial charge in [-0.3, -0.25) is 9.59 Å². The molecule has 1 aromatic heterocycles. The summed E-state index contributed by atoms with van der Waals surface area (Å²) in [5, 5.41) is 6.71. The molecule has 2 amide bonds. The van der Waals surface area contributed by atoms with E-state index < -0.39 is 17.8 Å². The molecule has 2 aromatic carbocycles. The molecule has 192 valence electrons. The first-order valence-corrected chi connectivity index (χ1v) is 12.7. The van der Waals surface area contributed by atoms with Crippen molar-refractivity contribution >= 4 is 40.3 Å². The number of hydrazone groups is 1. The number of esters is 1.